The highest BCUT2D eigenvalue weighted by molar-refractivity contribution is 5.76. The SMILES string of the molecule is CCCCCCCCCCCCCCCCCCC(O)C(CO)NC(=O)CCCCCCCCCCCCCCCCCCCCCOC(=O)CCCCCCCCCCCCCCCC. The van der Waals surface area contributed by atoms with E-state index < -0.39 is 12.1 Å². The van der Waals surface area contributed by atoms with Crippen molar-refractivity contribution in [1.82, 2.24) is 5.32 Å². The number of hydrogen-bond acceptors (Lipinski definition) is 5. The van der Waals surface area contributed by atoms with Crippen LogP contribution in [0.3, 0.4) is 0 Å². The van der Waals surface area contributed by atoms with Crippen molar-refractivity contribution in [2.75, 3.05) is 13.2 Å². The molecule has 0 saturated carbocycles. The Kier molecular flexibility index (Phi) is 55.5. The van der Waals surface area contributed by atoms with Gasteiger partial charge in [-0.05, 0) is 25.7 Å². The van der Waals surface area contributed by atoms with Crippen LogP contribution in [0.25, 0.3) is 0 Å². The Morgan fingerprint density at radius 2 is 0.621 bits per heavy atom. The highest BCUT2D eigenvalue weighted by Crippen LogP contribution is 2.18. The van der Waals surface area contributed by atoms with Gasteiger partial charge < -0.3 is 20.3 Å². The number of aliphatic hydroxyl groups is 2. The van der Waals surface area contributed by atoms with Crippen LogP contribution < -0.4 is 5.32 Å². The molecule has 0 heterocycles. The van der Waals surface area contributed by atoms with Gasteiger partial charge in [0, 0.05) is 12.8 Å². The summed E-state index contributed by atoms with van der Waals surface area (Å²) in [6.07, 6.45) is 65.3. The van der Waals surface area contributed by atoms with Gasteiger partial charge in [-0.1, -0.05) is 309 Å². The average Bonchev–Trinajstić information content (AvgIpc) is 3.32. The summed E-state index contributed by atoms with van der Waals surface area (Å²) in [6, 6.07) is -0.542. The second-order valence-electron chi connectivity index (χ2n) is 21.1. The summed E-state index contributed by atoms with van der Waals surface area (Å²) in [4.78, 5) is 24.5. The van der Waals surface area contributed by atoms with Gasteiger partial charge in [0.2, 0.25) is 5.91 Å². The fraction of sp³-hybridized carbons (Fsp3) is 0.967. The highest BCUT2D eigenvalue weighted by Gasteiger charge is 2.20. The molecule has 2 atom stereocenters. The van der Waals surface area contributed by atoms with Gasteiger partial charge in [0.1, 0.15) is 0 Å². The minimum absolute atomic E-state index is 0.0124. The number of aliphatic hydroxyl groups excluding tert-OH is 2. The lowest BCUT2D eigenvalue weighted by Gasteiger charge is -2.22. The third-order valence-corrected chi connectivity index (χ3v) is 14.4. The van der Waals surface area contributed by atoms with Crippen LogP contribution in [0.1, 0.15) is 348 Å². The first kappa shape index (κ1) is 64.9. The monoisotopic (exact) mass is 934 g/mol. The molecule has 0 fully saturated rings. The number of rotatable bonds is 57. The molecule has 394 valence electrons. The van der Waals surface area contributed by atoms with E-state index in [1.165, 1.54) is 276 Å². The molecule has 66 heavy (non-hydrogen) atoms. The summed E-state index contributed by atoms with van der Waals surface area (Å²) in [5, 5.41) is 23.3. The molecule has 0 spiro atoms. The Morgan fingerprint density at radius 1 is 0.364 bits per heavy atom. The first-order valence-electron chi connectivity index (χ1n) is 30.3. The van der Waals surface area contributed by atoms with Crippen molar-refractivity contribution in [1.29, 1.82) is 0 Å². The molecular weight excluding hydrogens is 815 g/mol. The molecular formula is C60H119NO5. The molecule has 0 aliphatic rings. The normalized spacial score (nSPS) is 12.5. The average molecular weight is 935 g/mol. The number of hydrogen-bond donors (Lipinski definition) is 3. The molecule has 0 aromatic rings. The third kappa shape index (κ3) is 52.2. The van der Waals surface area contributed by atoms with Gasteiger partial charge >= 0.3 is 5.97 Å². The minimum atomic E-state index is -0.665. The van der Waals surface area contributed by atoms with Crippen LogP contribution in [-0.2, 0) is 14.3 Å². The predicted molar refractivity (Wildman–Crippen MR) is 287 cm³/mol. The number of amides is 1. The molecule has 0 aliphatic heterocycles. The first-order valence-corrected chi connectivity index (χ1v) is 30.3. The van der Waals surface area contributed by atoms with E-state index in [1.54, 1.807) is 0 Å². The van der Waals surface area contributed by atoms with Crippen LogP contribution in [0, 0.1) is 0 Å². The Labute approximate surface area is 413 Å². The van der Waals surface area contributed by atoms with Gasteiger partial charge in [0.15, 0.2) is 0 Å². The lowest BCUT2D eigenvalue weighted by Crippen LogP contribution is -2.45. The Bertz CT molecular complexity index is 944. The number of nitrogens with one attached hydrogen (secondary N) is 1. The fourth-order valence-electron chi connectivity index (χ4n) is 9.76. The van der Waals surface area contributed by atoms with Crippen LogP contribution in [0.2, 0.25) is 0 Å². The highest BCUT2D eigenvalue weighted by atomic mass is 16.5. The van der Waals surface area contributed by atoms with E-state index in [0.29, 0.717) is 25.9 Å². The summed E-state index contributed by atoms with van der Waals surface area (Å²) in [5.74, 6) is -0.0221. The summed E-state index contributed by atoms with van der Waals surface area (Å²) < 4.78 is 5.48. The van der Waals surface area contributed by atoms with Gasteiger partial charge in [-0.15, -0.1) is 0 Å². The standard InChI is InChI=1S/C60H119NO5/c1-3-5-7-9-11-13-15-17-19-25-28-32-36-40-44-48-52-58(63)57(56-62)61-59(64)53-49-45-41-37-33-29-26-23-21-20-22-24-27-31-35-39-43-47-51-55-66-60(65)54-50-46-42-38-34-30-18-16-14-12-10-8-6-4-2/h57-58,62-63H,3-56H2,1-2H3,(H,61,64). The van der Waals surface area contributed by atoms with Crippen molar-refractivity contribution < 1.29 is 24.5 Å². The zero-order valence-corrected chi connectivity index (χ0v) is 45.0. The van der Waals surface area contributed by atoms with Crippen LogP contribution in [-0.4, -0.2) is 47.4 Å². The van der Waals surface area contributed by atoms with E-state index in [1.807, 2.05) is 0 Å². The molecule has 0 saturated heterocycles. The molecule has 0 bridgehead atoms. The second-order valence-corrected chi connectivity index (χ2v) is 21.1. The van der Waals surface area contributed by atoms with Gasteiger partial charge in [0.05, 0.1) is 25.4 Å². The molecule has 3 N–H and O–H groups in total. The molecule has 6 heteroatoms. The van der Waals surface area contributed by atoms with Gasteiger partial charge in [-0.2, -0.15) is 0 Å². The predicted octanol–water partition coefficient (Wildman–Crippen LogP) is 18.7. The van der Waals surface area contributed by atoms with Crippen molar-refractivity contribution in [2.45, 2.75) is 360 Å². The maximum atomic E-state index is 12.5. The molecule has 1 amide bonds. The largest absolute Gasteiger partial charge is 0.466 e. The van der Waals surface area contributed by atoms with Crippen molar-refractivity contribution in [3.05, 3.63) is 0 Å². The zero-order valence-electron chi connectivity index (χ0n) is 45.0. The number of esters is 1. The molecule has 0 aromatic carbocycles. The smallest absolute Gasteiger partial charge is 0.305 e. The van der Waals surface area contributed by atoms with E-state index in [9.17, 15) is 19.8 Å². The summed E-state index contributed by atoms with van der Waals surface area (Å²) >= 11 is 0. The molecule has 2 unspecified atom stereocenters. The van der Waals surface area contributed by atoms with Crippen LogP contribution in [0.4, 0.5) is 0 Å². The minimum Gasteiger partial charge on any atom is -0.466 e. The third-order valence-electron chi connectivity index (χ3n) is 14.4. The second kappa shape index (κ2) is 56.4. The number of ether oxygens (including phenoxy) is 1. The van der Waals surface area contributed by atoms with E-state index in [2.05, 4.69) is 19.2 Å². The van der Waals surface area contributed by atoms with Crippen molar-refractivity contribution in [2.24, 2.45) is 0 Å². The maximum absolute atomic E-state index is 12.5. The van der Waals surface area contributed by atoms with Crippen LogP contribution in [0.5, 0.6) is 0 Å². The summed E-state index contributed by atoms with van der Waals surface area (Å²) in [7, 11) is 0. The van der Waals surface area contributed by atoms with E-state index in [0.717, 1.165) is 38.5 Å². The van der Waals surface area contributed by atoms with Crippen molar-refractivity contribution in [3.63, 3.8) is 0 Å². The Hall–Kier alpha value is -1.14. The number of unbranched alkanes of at least 4 members (excludes halogenated alkanes) is 46. The molecule has 6 nitrogen and oxygen atoms in total. The summed E-state index contributed by atoms with van der Waals surface area (Å²) in [6.45, 7) is 4.98. The lowest BCUT2D eigenvalue weighted by atomic mass is 10.0. The molecule has 0 aromatic heterocycles. The molecule has 0 radical (unpaired) electrons. The fourth-order valence-corrected chi connectivity index (χ4v) is 9.76. The zero-order chi connectivity index (χ0) is 47.9. The number of carbonyl (C=O) groups excluding carboxylic acids is 2. The van der Waals surface area contributed by atoms with E-state index in [4.69, 9.17) is 4.74 Å². The van der Waals surface area contributed by atoms with Crippen LogP contribution in [0.15, 0.2) is 0 Å². The van der Waals surface area contributed by atoms with E-state index >= 15 is 0 Å². The maximum Gasteiger partial charge on any atom is 0.305 e. The Morgan fingerprint density at radius 3 is 0.924 bits per heavy atom. The van der Waals surface area contributed by atoms with Crippen molar-refractivity contribution >= 4 is 11.9 Å². The summed E-state index contributed by atoms with van der Waals surface area (Å²) in [5.41, 5.74) is 0. The van der Waals surface area contributed by atoms with Gasteiger partial charge in [0.25, 0.3) is 0 Å². The van der Waals surface area contributed by atoms with Gasteiger partial charge in [-0.3, -0.25) is 9.59 Å². The lowest BCUT2D eigenvalue weighted by molar-refractivity contribution is -0.143. The quantitative estimate of drug-likeness (QED) is 0.0417. The molecule has 0 aliphatic carbocycles. The topological polar surface area (TPSA) is 95.9 Å². The molecule has 0 rings (SSSR count). The van der Waals surface area contributed by atoms with E-state index in [-0.39, 0.29) is 18.5 Å². The first-order chi connectivity index (χ1) is 32.5. The van der Waals surface area contributed by atoms with Crippen LogP contribution >= 0.6 is 0 Å². The Balaban J connectivity index is 3.38. The van der Waals surface area contributed by atoms with Gasteiger partial charge in [-0.25, -0.2) is 0 Å². The number of carbonyl (C=O) groups is 2. The van der Waals surface area contributed by atoms with Crippen molar-refractivity contribution in [3.8, 4) is 0 Å².